The molecule has 3 aromatic rings. The van der Waals surface area contributed by atoms with Crippen molar-refractivity contribution in [2.45, 2.75) is 24.3 Å². The molecule has 0 saturated carbocycles. The molecule has 31 heavy (non-hydrogen) atoms. The van der Waals surface area contributed by atoms with E-state index in [9.17, 15) is 13.2 Å². The second-order valence-electron chi connectivity index (χ2n) is 7.00. The Morgan fingerprint density at radius 1 is 1.10 bits per heavy atom. The molecule has 2 aromatic carbocycles. The average molecular weight is 448 g/mol. The maximum atomic E-state index is 12.3. The van der Waals surface area contributed by atoms with Gasteiger partial charge < -0.3 is 14.8 Å². The van der Waals surface area contributed by atoms with E-state index in [1.165, 1.54) is 26.2 Å². The first-order chi connectivity index (χ1) is 14.7. The number of sulfonamides is 1. The summed E-state index contributed by atoms with van der Waals surface area (Å²) in [4.78, 5) is 12.5. The number of amides is 1. The van der Waals surface area contributed by atoms with Gasteiger partial charge in [-0.3, -0.25) is 4.79 Å². The van der Waals surface area contributed by atoms with Crippen molar-refractivity contribution in [3.63, 3.8) is 0 Å². The zero-order valence-corrected chi connectivity index (χ0v) is 18.6. The van der Waals surface area contributed by atoms with Gasteiger partial charge in [-0.25, -0.2) is 17.4 Å². The van der Waals surface area contributed by atoms with E-state index in [0.29, 0.717) is 41.2 Å². The van der Waals surface area contributed by atoms with Crippen LogP contribution in [0.3, 0.4) is 0 Å². The molecule has 0 unspecified atom stereocenters. The van der Waals surface area contributed by atoms with Crippen molar-refractivity contribution in [1.82, 2.24) is 19.3 Å². The van der Waals surface area contributed by atoms with Gasteiger partial charge in [0.15, 0.2) is 0 Å². The normalized spacial score (nSPS) is 11.6. The molecule has 0 bridgehead atoms. The van der Waals surface area contributed by atoms with Crippen LogP contribution >= 0.6 is 0 Å². The second-order valence-corrected chi connectivity index (χ2v) is 9.16. The van der Waals surface area contributed by atoms with Crippen LogP contribution in [-0.4, -0.2) is 61.9 Å². The molecule has 0 saturated heterocycles. The number of rotatable bonds is 9. The number of carbonyl (C=O) groups excluding carboxylic acids is 1. The van der Waals surface area contributed by atoms with Crippen molar-refractivity contribution in [2.75, 3.05) is 33.6 Å². The van der Waals surface area contributed by atoms with Gasteiger partial charge in [0.05, 0.1) is 24.6 Å². The predicted molar refractivity (Wildman–Crippen MR) is 116 cm³/mol. The summed E-state index contributed by atoms with van der Waals surface area (Å²) in [6, 6.07) is 9.85. The summed E-state index contributed by atoms with van der Waals surface area (Å²) < 4.78 is 37.7. The predicted octanol–water partition coefficient (Wildman–Crippen LogP) is 2.12. The van der Waals surface area contributed by atoms with Gasteiger partial charge >= 0.3 is 0 Å². The van der Waals surface area contributed by atoms with Gasteiger partial charge in [-0.15, -0.1) is 5.10 Å². The Morgan fingerprint density at radius 3 is 2.39 bits per heavy atom. The quantitative estimate of drug-likeness (QED) is 0.534. The molecular formula is C20H25N5O5S. The number of aromatic nitrogens is 3. The van der Waals surface area contributed by atoms with Gasteiger partial charge in [0.25, 0.3) is 0 Å². The molecular weight excluding hydrogens is 422 g/mol. The molecule has 1 aromatic heterocycles. The van der Waals surface area contributed by atoms with Crippen molar-refractivity contribution in [3.8, 4) is 11.5 Å². The van der Waals surface area contributed by atoms with Crippen LogP contribution < -0.4 is 14.8 Å². The van der Waals surface area contributed by atoms with Crippen molar-refractivity contribution in [3.05, 3.63) is 36.4 Å². The molecule has 0 aliphatic rings. The molecule has 0 fully saturated rings. The van der Waals surface area contributed by atoms with E-state index in [-0.39, 0.29) is 17.2 Å². The molecule has 0 atom stereocenters. The lowest BCUT2D eigenvalue weighted by Gasteiger charge is -2.11. The number of hydrogen-bond acceptors (Lipinski definition) is 7. The van der Waals surface area contributed by atoms with Gasteiger partial charge in [0.1, 0.15) is 17.0 Å². The molecule has 0 aliphatic heterocycles. The van der Waals surface area contributed by atoms with Crippen molar-refractivity contribution in [2.24, 2.45) is 0 Å². The summed E-state index contributed by atoms with van der Waals surface area (Å²) in [6.45, 7) is 0.463. The highest BCUT2D eigenvalue weighted by Gasteiger charge is 2.18. The van der Waals surface area contributed by atoms with E-state index in [0.717, 1.165) is 4.31 Å². The highest BCUT2D eigenvalue weighted by Crippen LogP contribution is 2.26. The summed E-state index contributed by atoms with van der Waals surface area (Å²) in [7, 11) is 2.50. The number of methoxy groups -OCH3 is 2. The molecule has 1 amide bonds. The average Bonchev–Trinajstić information content (AvgIpc) is 3.15. The summed E-state index contributed by atoms with van der Waals surface area (Å²) in [5, 5.41) is 11.0. The van der Waals surface area contributed by atoms with Gasteiger partial charge in [-0.1, -0.05) is 5.21 Å². The molecule has 10 nitrogen and oxygen atoms in total. The number of benzene rings is 2. The zero-order chi connectivity index (χ0) is 22.6. The van der Waals surface area contributed by atoms with Gasteiger partial charge in [0.2, 0.25) is 15.9 Å². The fraction of sp³-hybridized carbons (Fsp3) is 0.350. The standard InChI is InChI=1S/C20H25N5O5S/c1-24(2)31(27,28)17-7-8-19-18(13-17)22-23-25(19)9-5-6-20(26)21-14-10-15(29-3)12-16(11-14)30-4/h7-8,10-13H,5-6,9H2,1-4H3,(H,21,26). The summed E-state index contributed by atoms with van der Waals surface area (Å²) >= 11 is 0. The molecule has 1 heterocycles. The number of fused-ring (bicyclic) bond motifs is 1. The summed E-state index contributed by atoms with van der Waals surface area (Å²) in [6.07, 6.45) is 0.803. The summed E-state index contributed by atoms with van der Waals surface area (Å²) in [5.41, 5.74) is 1.77. The Balaban J connectivity index is 1.62. The maximum Gasteiger partial charge on any atom is 0.242 e. The first kappa shape index (κ1) is 22.5. The highest BCUT2D eigenvalue weighted by atomic mass is 32.2. The van der Waals surface area contributed by atoms with Gasteiger partial charge in [0, 0.05) is 50.9 Å². The van der Waals surface area contributed by atoms with E-state index in [4.69, 9.17) is 9.47 Å². The smallest absolute Gasteiger partial charge is 0.242 e. The largest absolute Gasteiger partial charge is 0.497 e. The lowest BCUT2D eigenvalue weighted by atomic mass is 10.2. The first-order valence-corrected chi connectivity index (χ1v) is 11.0. The van der Waals surface area contributed by atoms with Crippen molar-refractivity contribution < 1.29 is 22.7 Å². The molecule has 1 N–H and O–H groups in total. The van der Waals surface area contributed by atoms with Crippen LogP contribution in [0.4, 0.5) is 5.69 Å². The van der Waals surface area contributed by atoms with E-state index in [1.807, 2.05) is 0 Å². The third-order valence-electron chi connectivity index (χ3n) is 4.67. The van der Waals surface area contributed by atoms with Gasteiger partial charge in [-0.05, 0) is 24.6 Å². The first-order valence-electron chi connectivity index (χ1n) is 9.53. The molecule has 3 rings (SSSR count). The minimum atomic E-state index is -3.54. The Bertz CT molecular complexity index is 1170. The van der Waals surface area contributed by atoms with Crippen LogP contribution in [0, 0.1) is 0 Å². The highest BCUT2D eigenvalue weighted by molar-refractivity contribution is 7.89. The Morgan fingerprint density at radius 2 is 1.77 bits per heavy atom. The third kappa shape index (κ3) is 5.12. The fourth-order valence-corrected chi connectivity index (χ4v) is 3.90. The molecule has 0 aliphatic carbocycles. The molecule has 11 heteroatoms. The number of aryl methyl sites for hydroxylation is 1. The minimum absolute atomic E-state index is 0.154. The Kier molecular flexibility index (Phi) is 6.76. The number of hydrogen-bond donors (Lipinski definition) is 1. The van der Waals surface area contributed by atoms with Crippen LogP contribution in [0.5, 0.6) is 11.5 Å². The lowest BCUT2D eigenvalue weighted by Crippen LogP contribution is -2.22. The number of anilines is 1. The Labute approximate surface area is 180 Å². The van der Waals surface area contributed by atoms with E-state index in [1.54, 1.807) is 43.2 Å². The summed E-state index contributed by atoms with van der Waals surface area (Å²) in [5.74, 6) is 1.01. The number of carbonyl (C=O) groups is 1. The van der Waals surface area contributed by atoms with Crippen molar-refractivity contribution in [1.29, 1.82) is 0 Å². The topological polar surface area (TPSA) is 116 Å². The molecule has 166 valence electrons. The van der Waals surface area contributed by atoms with E-state index in [2.05, 4.69) is 15.6 Å². The van der Waals surface area contributed by atoms with Gasteiger partial charge in [-0.2, -0.15) is 0 Å². The number of nitrogens with zero attached hydrogens (tertiary/aromatic N) is 4. The van der Waals surface area contributed by atoms with Crippen LogP contribution in [0.25, 0.3) is 11.0 Å². The minimum Gasteiger partial charge on any atom is -0.497 e. The lowest BCUT2D eigenvalue weighted by molar-refractivity contribution is -0.116. The molecule has 0 spiro atoms. The van der Waals surface area contributed by atoms with Crippen LogP contribution in [0.15, 0.2) is 41.3 Å². The third-order valence-corrected chi connectivity index (χ3v) is 6.48. The fourth-order valence-electron chi connectivity index (χ4n) is 2.98. The Hall–Kier alpha value is -3.18. The number of nitrogens with one attached hydrogen (secondary N) is 1. The van der Waals surface area contributed by atoms with Crippen LogP contribution in [0.2, 0.25) is 0 Å². The van der Waals surface area contributed by atoms with E-state index >= 15 is 0 Å². The van der Waals surface area contributed by atoms with E-state index < -0.39 is 10.0 Å². The SMILES string of the molecule is COc1cc(NC(=O)CCCn2nnc3cc(S(=O)(=O)N(C)C)ccc32)cc(OC)c1. The monoisotopic (exact) mass is 447 g/mol. The van der Waals surface area contributed by atoms with Crippen LogP contribution in [-0.2, 0) is 21.4 Å². The van der Waals surface area contributed by atoms with Crippen molar-refractivity contribution >= 4 is 32.7 Å². The van der Waals surface area contributed by atoms with Crippen LogP contribution in [0.1, 0.15) is 12.8 Å². The molecule has 0 radical (unpaired) electrons. The zero-order valence-electron chi connectivity index (χ0n) is 17.8. The second kappa shape index (κ2) is 9.31. The maximum absolute atomic E-state index is 12.3. The number of ether oxygens (including phenoxy) is 2.